The summed E-state index contributed by atoms with van der Waals surface area (Å²) in [7, 11) is -1.29. The molecule has 0 aliphatic carbocycles. The lowest BCUT2D eigenvalue weighted by molar-refractivity contribution is -0.130. The summed E-state index contributed by atoms with van der Waals surface area (Å²) in [6.45, 7) is 2.76. The second-order valence-electron chi connectivity index (χ2n) is 6.63. The molecule has 2 aliphatic heterocycles. The lowest BCUT2D eigenvalue weighted by atomic mass is 10.2. The van der Waals surface area contributed by atoms with Gasteiger partial charge in [-0.3, -0.25) is 4.79 Å². The van der Waals surface area contributed by atoms with Crippen LogP contribution in [0.15, 0.2) is 5.16 Å². The molecular weight excluding hydrogens is 348 g/mol. The fraction of sp³-hybridized carbons (Fsp3) is 0.800. The van der Waals surface area contributed by atoms with Crippen LogP contribution in [0.2, 0.25) is 0 Å². The van der Waals surface area contributed by atoms with Gasteiger partial charge in [-0.25, -0.2) is 8.42 Å². The number of nitrogens with zero attached hydrogens (tertiary/aromatic N) is 4. The molecular formula is C15H24N4O3S2. The van der Waals surface area contributed by atoms with Crippen LogP contribution in [0, 0.1) is 0 Å². The summed E-state index contributed by atoms with van der Waals surface area (Å²) in [6, 6.07) is -0.207. The predicted octanol–water partition coefficient (Wildman–Crippen LogP) is 1.13. The predicted molar refractivity (Wildman–Crippen MR) is 92.7 cm³/mol. The Morgan fingerprint density at radius 1 is 1.33 bits per heavy atom. The molecule has 2 aliphatic rings. The number of carbonyl (C=O) groups excluding carboxylic acids is 1. The van der Waals surface area contributed by atoms with E-state index in [4.69, 9.17) is 0 Å². The highest BCUT2D eigenvalue weighted by Crippen LogP contribution is 2.27. The molecule has 0 bridgehead atoms. The molecule has 0 spiro atoms. The molecule has 0 N–H and O–H groups in total. The minimum absolute atomic E-state index is 0.0481. The molecule has 0 radical (unpaired) electrons. The van der Waals surface area contributed by atoms with Crippen LogP contribution >= 0.6 is 11.8 Å². The van der Waals surface area contributed by atoms with Crippen molar-refractivity contribution < 1.29 is 13.2 Å². The first-order chi connectivity index (χ1) is 11.4. The van der Waals surface area contributed by atoms with Crippen molar-refractivity contribution in [2.24, 2.45) is 0 Å². The summed E-state index contributed by atoms with van der Waals surface area (Å²) in [5.74, 6) is 1.21. The van der Waals surface area contributed by atoms with E-state index in [2.05, 4.69) is 14.8 Å². The first-order valence-electron chi connectivity index (χ1n) is 8.43. The smallest absolute Gasteiger partial charge is 0.235 e. The van der Waals surface area contributed by atoms with Crippen LogP contribution in [0.4, 0.5) is 0 Å². The van der Waals surface area contributed by atoms with Crippen molar-refractivity contribution in [1.29, 1.82) is 0 Å². The molecule has 3 heterocycles. The first-order valence-corrected chi connectivity index (χ1v) is 11.1. The fourth-order valence-electron chi connectivity index (χ4n) is 3.30. The molecule has 1 aromatic rings. The summed E-state index contributed by atoms with van der Waals surface area (Å²) < 4.78 is 25.4. The molecule has 0 saturated carbocycles. The highest BCUT2D eigenvalue weighted by molar-refractivity contribution is 8.00. The molecule has 9 heteroatoms. The number of sulfone groups is 1. The van der Waals surface area contributed by atoms with Gasteiger partial charge >= 0.3 is 0 Å². The molecule has 1 saturated heterocycles. The van der Waals surface area contributed by atoms with E-state index in [1.54, 1.807) is 11.9 Å². The van der Waals surface area contributed by atoms with Crippen LogP contribution < -0.4 is 0 Å². The summed E-state index contributed by atoms with van der Waals surface area (Å²) in [6.07, 6.45) is 4.91. The van der Waals surface area contributed by atoms with Crippen LogP contribution in [0.5, 0.6) is 0 Å². The zero-order chi connectivity index (χ0) is 17.3. The number of aromatic nitrogens is 3. The normalized spacial score (nSPS) is 24.2. The third-order valence-electron chi connectivity index (χ3n) is 4.81. The summed E-state index contributed by atoms with van der Waals surface area (Å²) in [4.78, 5) is 14.3. The maximum absolute atomic E-state index is 12.7. The van der Waals surface area contributed by atoms with Crippen molar-refractivity contribution >= 4 is 27.5 Å². The summed E-state index contributed by atoms with van der Waals surface area (Å²) in [5.41, 5.74) is 0. The van der Waals surface area contributed by atoms with E-state index in [1.165, 1.54) is 18.2 Å². The maximum atomic E-state index is 12.7. The number of aryl methyl sites for hydroxylation is 1. The Hall–Kier alpha value is -1.09. The topological polar surface area (TPSA) is 85.2 Å². The zero-order valence-corrected chi connectivity index (χ0v) is 15.8. The van der Waals surface area contributed by atoms with Crippen LogP contribution in [0.25, 0.3) is 0 Å². The number of amides is 1. The van der Waals surface area contributed by atoms with Crippen molar-refractivity contribution in [3.8, 4) is 0 Å². The average Bonchev–Trinajstić information content (AvgIpc) is 3.00. The van der Waals surface area contributed by atoms with E-state index in [-0.39, 0.29) is 28.7 Å². The van der Waals surface area contributed by atoms with E-state index in [9.17, 15) is 13.2 Å². The number of carbonyl (C=O) groups is 1. The van der Waals surface area contributed by atoms with E-state index in [0.717, 1.165) is 36.8 Å². The molecule has 1 aromatic heterocycles. The number of rotatable bonds is 4. The fourth-order valence-corrected chi connectivity index (χ4v) is 6.07. The molecule has 3 rings (SSSR count). The minimum Gasteiger partial charge on any atom is -0.341 e. The SMILES string of the molecule is C[C@@H](Sc1nnc2n1CCCCC2)C(=O)N(C)[C@H]1CCS(=O)(=O)C1. The zero-order valence-electron chi connectivity index (χ0n) is 14.1. The van der Waals surface area contributed by atoms with E-state index < -0.39 is 9.84 Å². The van der Waals surface area contributed by atoms with Gasteiger partial charge in [0.05, 0.1) is 16.8 Å². The summed E-state index contributed by atoms with van der Waals surface area (Å²) >= 11 is 1.42. The van der Waals surface area contributed by atoms with Crippen molar-refractivity contribution in [1.82, 2.24) is 19.7 Å². The highest BCUT2D eigenvalue weighted by atomic mass is 32.2. The maximum Gasteiger partial charge on any atom is 0.235 e. The van der Waals surface area contributed by atoms with E-state index in [0.29, 0.717) is 6.42 Å². The van der Waals surface area contributed by atoms with Gasteiger partial charge in [-0.15, -0.1) is 10.2 Å². The van der Waals surface area contributed by atoms with Crippen LogP contribution in [0.1, 0.15) is 38.4 Å². The van der Waals surface area contributed by atoms with Gasteiger partial charge in [-0.05, 0) is 26.2 Å². The van der Waals surface area contributed by atoms with Crippen molar-refractivity contribution in [2.75, 3.05) is 18.6 Å². The second-order valence-corrected chi connectivity index (χ2v) is 10.2. The first kappa shape index (κ1) is 17.7. The largest absolute Gasteiger partial charge is 0.341 e. The minimum atomic E-state index is -2.99. The van der Waals surface area contributed by atoms with Gasteiger partial charge < -0.3 is 9.47 Å². The van der Waals surface area contributed by atoms with Crippen LogP contribution in [-0.4, -0.2) is 63.8 Å². The molecule has 24 heavy (non-hydrogen) atoms. The highest BCUT2D eigenvalue weighted by Gasteiger charge is 2.34. The molecule has 1 amide bonds. The Balaban J connectivity index is 1.65. The number of hydrogen-bond acceptors (Lipinski definition) is 6. The van der Waals surface area contributed by atoms with Crippen LogP contribution in [-0.2, 0) is 27.6 Å². The third kappa shape index (κ3) is 3.77. The van der Waals surface area contributed by atoms with E-state index >= 15 is 0 Å². The second kappa shape index (κ2) is 7.03. The number of hydrogen-bond donors (Lipinski definition) is 0. The van der Waals surface area contributed by atoms with Gasteiger partial charge in [0.25, 0.3) is 0 Å². The van der Waals surface area contributed by atoms with Gasteiger partial charge in [0.1, 0.15) is 5.82 Å². The Kier molecular flexibility index (Phi) is 5.19. The lowest BCUT2D eigenvalue weighted by Gasteiger charge is -2.26. The Labute approximate surface area is 147 Å². The van der Waals surface area contributed by atoms with E-state index in [1.807, 2.05) is 6.92 Å². The monoisotopic (exact) mass is 372 g/mol. The van der Waals surface area contributed by atoms with Gasteiger partial charge in [0.15, 0.2) is 15.0 Å². The van der Waals surface area contributed by atoms with Gasteiger partial charge in [0, 0.05) is 26.1 Å². The van der Waals surface area contributed by atoms with Gasteiger partial charge in [0.2, 0.25) is 5.91 Å². The molecule has 1 fully saturated rings. The molecule has 0 aromatic carbocycles. The van der Waals surface area contributed by atoms with Gasteiger partial charge in [-0.1, -0.05) is 18.2 Å². The van der Waals surface area contributed by atoms with Crippen molar-refractivity contribution in [3.05, 3.63) is 5.82 Å². The van der Waals surface area contributed by atoms with Gasteiger partial charge in [-0.2, -0.15) is 0 Å². The average molecular weight is 373 g/mol. The third-order valence-corrected chi connectivity index (χ3v) is 7.63. The van der Waals surface area contributed by atoms with Crippen molar-refractivity contribution in [3.63, 3.8) is 0 Å². The molecule has 0 unspecified atom stereocenters. The lowest BCUT2D eigenvalue weighted by Crippen LogP contribution is -2.41. The number of thioether (sulfide) groups is 1. The van der Waals surface area contributed by atoms with Crippen molar-refractivity contribution in [2.45, 2.75) is 62.0 Å². The Bertz CT molecular complexity index is 716. The molecule has 2 atom stereocenters. The van der Waals surface area contributed by atoms with Crippen LogP contribution in [0.3, 0.4) is 0 Å². The Morgan fingerprint density at radius 2 is 2.12 bits per heavy atom. The quantitative estimate of drug-likeness (QED) is 0.737. The number of fused-ring (bicyclic) bond motifs is 1. The summed E-state index contributed by atoms with van der Waals surface area (Å²) in [5, 5.41) is 8.99. The molecule has 7 nitrogen and oxygen atoms in total. The Morgan fingerprint density at radius 3 is 2.83 bits per heavy atom. The standard InChI is InChI=1S/C15H24N4O3S2/c1-11(14(20)18(2)12-7-9-24(21,22)10-12)23-15-17-16-13-6-4-3-5-8-19(13)15/h11-12H,3-10H2,1-2H3/t11-,12+/m1/s1. The molecule has 134 valence electrons.